The maximum absolute atomic E-state index is 12.4. The number of fused-ring (bicyclic) bond motifs is 1. The van der Waals surface area contributed by atoms with Crippen LogP contribution in [0.1, 0.15) is 29.7 Å². The number of anilines is 2. The van der Waals surface area contributed by atoms with Crippen LogP contribution in [-0.4, -0.2) is 38.5 Å². The van der Waals surface area contributed by atoms with Crippen LogP contribution in [0.2, 0.25) is 0 Å². The van der Waals surface area contributed by atoms with Gasteiger partial charge in [0.1, 0.15) is 0 Å². The van der Waals surface area contributed by atoms with Crippen molar-refractivity contribution in [2.24, 2.45) is 11.1 Å². The molecule has 2 atom stereocenters. The number of benzene rings is 2. The summed E-state index contributed by atoms with van der Waals surface area (Å²) in [4.78, 5) is 25.7. The van der Waals surface area contributed by atoms with Gasteiger partial charge in [0, 0.05) is 30.0 Å². The second kappa shape index (κ2) is 7.28. The fourth-order valence-corrected chi connectivity index (χ4v) is 4.14. The molecule has 3 N–H and O–H groups in total. The number of nitrogens with zero attached hydrogens (tertiary/aromatic N) is 1. The summed E-state index contributed by atoms with van der Waals surface area (Å²) >= 11 is 0. The van der Waals surface area contributed by atoms with Gasteiger partial charge in [0.2, 0.25) is 12.2 Å². The molecular weight excluding hydrogens is 354 g/mol. The second-order valence-electron chi connectivity index (χ2n) is 7.70. The molecule has 0 aliphatic carbocycles. The molecule has 0 aromatic heterocycles. The molecule has 2 unspecified atom stereocenters. The molecular formula is C22H24N3O3. The number of rotatable bonds is 4. The van der Waals surface area contributed by atoms with Crippen molar-refractivity contribution in [3.05, 3.63) is 59.2 Å². The normalized spacial score (nSPS) is 24.2. The molecule has 1 amide bonds. The van der Waals surface area contributed by atoms with E-state index >= 15 is 0 Å². The molecule has 2 aliphatic heterocycles. The monoisotopic (exact) mass is 378 g/mol. The Kier molecular flexibility index (Phi) is 4.81. The zero-order valence-corrected chi connectivity index (χ0v) is 15.9. The van der Waals surface area contributed by atoms with Crippen LogP contribution in [0.15, 0.2) is 42.5 Å². The molecule has 6 nitrogen and oxygen atoms in total. The summed E-state index contributed by atoms with van der Waals surface area (Å²) in [7, 11) is 0. The van der Waals surface area contributed by atoms with Gasteiger partial charge in [-0.05, 0) is 54.8 Å². The number of nitrogens with two attached hydrogens (primary N) is 1. The van der Waals surface area contributed by atoms with Gasteiger partial charge in [-0.3, -0.25) is 9.59 Å². The molecule has 28 heavy (non-hydrogen) atoms. The highest BCUT2D eigenvalue weighted by Crippen LogP contribution is 2.45. The lowest BCUT2D eigenvalue weighted by atomic mass is 9.70. The fourth-order valence-electron chi connectivity index (χ4n) is 4.14. The Labute approximate surface area is 164 Å². The summed E-state index contributed by atoms with van der Waals surface area (Å²) < 4.78 is 5.42. The fraction of sp³-hybridized carbons (Fsp3) is 0.364. The van der Waals surface area contributed by atoms with Gasteiger partial charge >= 0.3 is 0 Å². The van der Waals surface area contributed by atoms with Crippen molar-refractivity contribution in [2.75, 3.05) is 36.5 Å². The Hall–Kier alpha value is -2.86. The number of carbonyl (C=O) groups excluding carboxylic acids is 2. The number of amides is 1. The zero-order chi connectivity index (χ0) is 19.7. The smallest absolute Gasteiger partial charge is 0.233 e. The van der Waals surface area contributed by atoms with E-state index < -0.39 is 5.41 Å². The molecule has 145 valence electrons. The van der Waals surface area contributed by atoms with Gasteiger partial charge in [0.25, 0.3) is 0 Å². The number of morpholine rings is 1. The first-order valence-electron chi connectivity index (χ1n) is 9.51. The highest BCUT2D eigenvalue weighted by molar-refractivity contribution is 5.85. The van der Waals surface area contributed by atoms with Crippen LogP contribution in [0.25, 0.3) is 0 Å². The minimum Gasteiger partial charge on any atom is -0.378 e. The first-order valence-corrected chi connectivity index (χ1v) is 9.51. The zero-order valence-electron chi connectivity index (χ0n) is 15.9. The van der Waals surface area contributed by atoms with E-state index in [1.54, 1.807) is 12.1 Å². The van der Waals surface area contributed by atoms with Crippen molar-refractivity contribution < 1.29 is 14.3 Å². The Morgan fingerprint density at radius 1 is 1.21 bits per heavy atom. The van der Waals surface area contributed by atoms with Gasteiger partial charge in [-0.2, -0.15) is 0 Å². The van der Waals surface area contributed by atoms with Gasteiger partial charge < -0.3 is 20.7 Å². The average Bonchev–Trinajstić information content (AvgIpc) is 2.73. The minimum absolute atomic E-state index is 0.248. The van der Waals surface area contributed by atoms with Crippen LogP contribution < -0.4 is 16.0 Å². The summed E-state index contributed by atoms with van der Waals surface area (Å²) in [5.74, 6) is -0.367. The third kappa shape index (κ3) is 3.24. The molecule has 1 fully saturated rings. The van der Waals surface area contributed by atoms with Crippen LogP contribution in [-0.2, 0) is 20.7 Å². The number of hydrogen-bond donors (Lipinski definition) is 2. The highest BCUT2D eigenvalue weighted by atomic mass is 16.5. The lowest BCUT2D eigenvalue weighted by molar-refractivity contribution is -0.127. The van der Waals surface area contributed by atoms with Gasteiger partial charge in [-0.25, -0.2) is 0 Å². The SMILES string of the molecule is CC1(C(N)=O)Cc2cc([C]=O)ccc2NC1c1ccc(N2CCOCC2)cc1. The van der Waals surface area contributed by atoms with Crippen molar-refractivity contribution >= 4 is 23.6 Å². The van der Waals surface area contributed by atoms with Crippen LogP contribution in [0, 0.1) is 5.41 Å². The average molecular weight is 378 g/mol. The lowest BCUT2D eigenvalue weighted by Gasteiger charge is -2.41. The van der Waals surface area contributed by atoms with Crippen LogP contribution in [0.3, 0.4) is 0 Å². The standard InChI is InChI=1S/C22H24N3O3/c1-22(21(23)27)13-17-12-15(14-26)2-7-19(17)24-20(22)16-3-5-18(6-4-16)25-8-10-28-11-9-25/h2-7,12,20,24H,8-11,13H2,1H3,(H2,23,27). The van der Waals surface area contributed by atoms with E-state index in [0.29, 0.717) is 12.0 Å². The molecule has 6 heteroatoms. The molecule has 2 heterocycles. The number of nitrogens with one attached hydrogen (secondary N) is 1. The number of ether oxygens (including phenoxy) is 1. The van der Waals surface area contributed by atoms with Gasteiger partial charge in [0.05, 0.1) is 24.7 Å². The van der Waals surface area contributed by atoms with Gasteiger partial charge in [-0.1, -0.05) is 12.1 Å². The summed E-state index contributed by atoms with van der Waals surface area (Å²) in [6, 6.07) is 13.4. The Bertz CT molecular complexity index is 890. The van der Waals surface area contributed by atoms with E-state index in [0.717, 1.165) is 48.8 Å². The minimum atomic E-state index is -0.811. The second-order valence-corrected chi connectivity index (χ2v) is 7.70. The van der Waals surface area contributed by atoms with E-state index in [1.807, 2.05) is 19.3 Å². The van der Waals surface area contributed by atoms with Gasteiger partial charge in [0.15, 0.2) is 0 Å². The van der Waals surface area contributed by atoms with E-state index in [4.69, 9.17) is 10.5 Å². The van der Waals surface area contributed by atoms with Gasteiger partial charge in [-0.15, -0.1) is 0 Å². The molecule has 2 aromatic rings. The maximum atomic E-state index is 12.4. The molecule has 1 saturated heterocycles. The topological polar surface area (TPSA) is 84.7 Å². The van der Waals surface area contributed by atoms with Crippen molar-refractivity contribution in [1.29, 1.82) is 0 Å². The first kappa shape index (κ1) is 18.5. The predicted octanol–water partition coefficient (Wildman–Crippen LogP) is 2.18. The van der Waals surface area contributed by atoms with Crippen molar-refractivity contribution in [2.45, 2.75) is 19.4 Å². The van der Waals surface area contributed by atoms with E-state index in [1.165, 1.54) is 0 Å². The third-order valence-corrected chi connectivity index (χ3v) is 5.88. The summed E-state index contributed by atoms with van der Waals surface area (Å²) in [6.45, 7) is 5.11. The molecule has 1 radical (unpaired) electrons. The Morgan fingerprint density at radius 3 is 2.57 bits per heavy atom. The Morgan fingerprint density at radius 2 is 1.93 bits per heavy atom. The molecule has 2 aliphatic rings. The maximum Gasteiger partial charge on any atom is 0.233 e. The lowest BCUT2D eigenvalue weighted by Crippen LogP contribution is -2.46. The van der Waals surface area contributed by atoms with Crippen LogP contribution in [0.5, 0.6) is 0 Å². The molecule has 4 rings (SSSR count). The van der Waals surface area contributed by atoms with E-state index in [-0.39, 0.29) is 11.9 Å². The molecule has 0 bridgehead atoms. The van der Waals surface area contributed by atoms with Crippen molar-refractivity contribution in [3.8, 4) is 0 Å². The molecule has 2 aromatic carbocycles. The van der Waals surface area contributed by atoms with E-state index in [2.05, 4.69) is 34.5 Å². The molecule has 0 saturated carbocycles. The number of carbonyl (C=O) groups is 1. The van der Waals surface area contributed by atoms with Crippen molar-refractivity contribution in [3.63, 3.8) is 0 Å². The predicted molar refractivity (Wildman–Crippen MR) is 108 cm³/mol. The Balaban J connectivity index is 1.66. The summed E-state index contributed by atoms with van der Waals surface area (Å²) in [5.41, 5.74) is 9.47. The quantitative estimate of drug-likeness (QED) is 0.852. The highest BCUT2D eigenvalue weighted by Gasteiger charge is 2.44. The van der Waals surface area contributed by atoms with E-state index in [9.17, 15) is 9.59 Å². The van der Waals surface area contributed by atoms with Crippen molar-refractivity contribution in [1.82, 2.24) is 0 Å². The van der Waals surface area contributed by atoms with Crippen LogP contribution >= 0.6 is 0 Å². The third-order valence-electron chi connectivity index (χ3n) is 5.88. The first-order chi connectivity index (χ1) is 13.5. The summed E-state index contributed by atoms with van der Waals surface area (Å²) in [5, 5.41) is 3.47. The number of hydrogen-bond acceptors (Lipinski definition) is 5. The summed E-state index contributed by atoms with van der Waals surface area (Å²) in [6.07, 6.45) is 2.37. The van der Waals surface area contributed by atoms with Crippen LogP contribution in [0.4, 0.5) is 11.4 Å². The largest absolute Gasteiger partial charge is 0.378 e. The number of primary amides is 1. The molecule has 0 spiro atoms.